The molecule has 0 heterocycles. The summed E-state index contributed by atoms with van der Waals surface area (Å²) >= 11 is 1.63. The summed E-state index contributed by atoms with van der Waals surface area (Å²) in [6, 6.07) is 3.37. The zero-order valence-electron chi connectivity index (χ0n) is 10.7. The highest BCUT2D eigenvalue weighted by atomic mass is 32.2. The van der Waals surface area contributed by atoms with Crippen molar-refractivity contribution < 1.29 is 18.7 Å². The molecule has 19 heavy (non-hydrogen) atoms. The topological polar surface area (TPSA) is 49.3 Å². The molecule has 1 aromatic rings. The van der Waals surface area contributed by atoms with Gasteiger partial charge in [0.15, 0.2) is 0 Å². The van der Waals surface area contributed by atoms with E-state index in [2.05, 4.69) is 5.32 Å². The van der Waals surface area contributed by atoms with Gasteiger partial charge in [-0.05, 0) is 17.9 Å². The summed E-state index contributed by atoms with van der Waals surface area (Å²) in [5.74, 6) is -0.258. The lowest BCUT2D eigenvalue weighted by Gasteiger charge is -2.13. The van der Waals surface area contributed by atoms with Crippen molar-refractivity contribution in [2.75, 3.05) is 18.1 Å². The van der Waals surface area contributed by atoms with Gasteiger partial charge in [-0.1, -0.05) is 13.0 Å². The summed E-state index contributed by atoms with van der Waals surface area (Å²) in [6.45, 7) is 1.79. The summed E-state index contributed by atoms with van der Waals surface area (Å²) in [5.41, 5.74) is -0.411. The molecule has 6 heteroatoms. The number of aliphatic hydroxyl groups excluding tert-OH is 1. The number of thioether (sulfide) groups is 1. The zero-order valence-corrected chi connectivity index (χ0v) is 11.5. The van der Waals surface area contributed by atoms with Crippen molar-refractivity contribution in [2.45, 2.75) is 19.4 Å². The Morgan fingerprint density at radius 3 is 2.63 bits per heavy atom. The maximum absolute atomic E-state index is 13.4. The second-order valence-corrected chi connectivity index (χ2v) is 5.30. The molecule has 3 nitrogen and oxygen atoms in total. The average molecular weight is 289 g/mol. The molecule has 0 fully saturated rings. The van der Waals surface area contributed by atoms with Crippen LogP contribution >= 0.6 is 11.8 Å². The number of hydrogen-bond donors (Lipinski definition) is 2. The van der Waals surface area contributed by atoms with Crippen LogP contribution in [0.1, 0.15) is 25.0 Å². The highest BCUT2D eigenvalue weighted by molar-refractivity contribution is 7.99. The molecule has 0 saturated carbocycles. The molecule has 0 saturated heterocycles. The molecular formula is C13H17F2NO2S. The Morgan fingerprint density at radius 2 is 2.05 bits per heavy atom. The number of carbonyl (C=O) groups is 1. The first kappa shape index (κ1) is 15.9. The Morgan fingerprint density at radius 1 is 1.42 bits per heavy atom. The Hall–Kier alpha value is -1.14. The lowest BCUT2D eigenvalue weighted by molar-refractivity contribution is -0.121. The van der Waals surface area contributed by atoms with Crippen LogP contribution in [0, 0.1) is 11.6 Å². The minimum Gasteiger partial charge on any atom is -0.386 e. The molecule has 0 radical (unpaired) electrons. The minimum atomic E-state index is -1.39. The quantitative estimate of drug-likeness (QED) is 0.757. The fourth-order valence-electron chi connectivity index (χ4n) is 1.54. The predicted molar refractivity (Wildman–Crippen MR) is 71.9 cm³/mol. The van der Waals surface area contributed by atoms with Gasteiger partial charge in [-0.25, -0.2) is 8.78 Å². The van der Waals surface area contributed by atoms with Crippen LogP contribution in [0.3, 0.4) is 0 Å². The van der Waals surface area contributed by atoms with E-state index in [-0.39, 0.29) is 12.5 Å². The van der Waals surface area contributed by atoms with Crippen LogP contribution in [-0.4, -0.2) is 29.1 Å². The molecule has 1 unspecified atom stereocenters. The number of hydrogen-bond acceptors (Lipinski definition) is 3. The van der Waals surface area contributed by atoms with Gasteiger partial charge in [0, 0.05) is 18.7 Å². The van der Waals surface area contributed by atoms with Crippen LogP contribution in [0.2, 0.25) is 0 Å². The SMILES string of the molecule is CCSCCC(=O)NCC(O)c1c(F)cccc1F. The van der Waals surface area contributed by atoms with Crippen LogP contribution in [0.15, 0.2) is 18.2 Å². The monoisotopic (exact) mass is 289 g/mol. The second kappa shape index (κ2) is 8.12. The lowest BCUT2D eigenvalue weighted by atomic mass is 10.1. The van der Waals surface area contributed by atoms with Crippen molar-refractivity contribution in [1.29, 1.82) is 0 Å². The third-order valence-corrected chi connectivity index (χ3v) is 3.40. The predicted octanol–water partition coefficient (Wildman–Crippen LogP) is 2.26. The van der Waals surface area contributed by atoms with Gasteiger partial charge >= 0.3 is 0 Å². The van der Waals surface area contributed by atoms with E-state index in [1.807, 2.05) is 6.92 Å². The first-order valence-electron chi connectivity index (χ1n) is 6.02. The van der Waals surface area contributed by atoms with Crippen LogP contribution in [0.25, 0.3) is 0 Å². The van der Waals surface area contributed by atoms with E-state index >= 15 is 0 Å². The van der Waals surface area contributed by atoms with Gasteiger partial charge in [0.2, 0.25) is 5.91 Å². The van der Waals surface area contributed by atoms with Gasteiger partial charge in [0.25, 0.3) is 0 Å². The Bertz CT molecular complexity index is 409. The number of halogens is 2. The zero-order chi connectivity index (χ0) is 14.3. The molecule has 1 amide bonds. The van der Waals surface area contributed by atoms with Gasteiger partial charge in [-0.15, -0.1) is 0 Å². The number of carbonyl (C=O) groups excluding carboxylic acids is 1. The molecule has 1 aromatic carbocycles. The largest absolute Gasteiger partial charge is 0.386 e. The molecule has 0 aliphatic heterocycles. The Balaban J connectivity index is 2.47. The van der Waals surface area contributed by atoms with Gasteiger partial charge in [0.05, 0.1) is 5.56 Å². The molecule has 1 rings (SSSR count). The van der Waals surface area contributed by atoms with Crippen LogP contribution < -0.4 is 5.32 Å². The molecule has 0 bridgehead atoms. The molecule has 0 aromatic heterocycles. The van der Waals surface area contributed by atoms with E-state index in [1.54, 1.807) is 11.8 Å². The third kappa shape index (κ3) is 5.16. The van der Waals surface area contributed by atoms with Crippen LogP contribution in [0.5, 0.6) is 0 Å². The van der Waals surface area contributed by atoms with Gasteiger partial charge in [-0.3, -0.25) is 4.79 Å². The summed E-state index contributed by atoms with van der Waals surface area (Å²) in [4.78, 5) is 11.4. The molecule has 2 N–H and O–H groups in total. The Kier molecular flexibility index (Phi) is 6.80. The molecule has 0 aliphatic rings. The molecule has 0 aliphatic carbocycles. The van der Waals surface area contributed by atoms with Crippen molar-refractivity contribution in [3.63, 3.8) is 0 Å². The fourth-order valence-corrected chi connectivity index (χ4v) is 2.16. The van der Waals surface area contributed by atoms with Gasteiger partial charge in [0.1, 0.15) is 17.7 Å². The molecule has 106 valence electrons. The first-order valence-corrected chi connectivity index (χ1v) is 7.18. The number of amides is 1. The molecule has 0 spiro atoms. The summed E-state index contributed by atoms with van der Waals surface area (Å²) < 4.78 is 26.7. The van der Waals surface area contributed by atoms with Crippen molar-refractivity contribution in [2.24, 2.45) is 0 Å². The number of benzene rings is 1. The van der Waals surface area contributed by atoms with Crippen molar-refractivity contribution in [3.05, 3.63) is 35.4 Å². The maximum atomic E-state index is 13.4. The number of nitrogens with one attached hydrogen (secondary N) is 1. The normalized spacial score (nSPS) is 12.2. The van der Waals surface area contributed by atoms with E-state index in [0.29, 0.717) is 12.2 Å². The fraction of sp³-hybridized carbons (Fsp3) is 0.462. The second-order valence-electron chi connectivity index (χ2n) is 3.90. The highest BCUT2D eigenvalue weighted by Crippen LogP contribution is 2.19. The van der Waals surface area contributed by atoms with Crippen molar-refractivity contribution >= 4 is 17.7 Å². The first-order chi connectivity index (χ1) is 9.06. The summed E-state index contributed by atoms with van der Waals surface area (Å²) in [6.07, 6.45) is -1.06. The van der Waals surface area contributed by atoms with Crippen molar-refractivity contribution in [1.82, 2.24) is 5.32 Å². The van der Waals surface area contributed by atoms with E-state index < -0.39 is 23.3 Å². The van der Waals surface area contributed by atoms with E-state index in [0.717, 1.165) is 17.9 Å². The summed E-state index contributed by atoms with van der Waals surface area (Å²) in [5, 5.41) is 12.2. The number of rotatable bonds is 7. The number of aliphatic hydroxyl groups is 1. The Labute approximate surface area is 115 Å². The molecular weight excluding hydrogens is 272 g/mol. The standard InChI is InChI=1S/C13H17F2NO2S/c1-2-19-7-6-12(18)16-8-11(17)13-9(14)4-3-5-10(13)15/h3-5,11,17H,2,6-8H2,1H3,(H,16,18). The minimum absolute atomic E-state index is 0.201. The van der Waals surface area contributed by atoms with Crippen LogP contribution in [-0.2, 0) is 4.79 Å². The average Bonchev–Trinajstić information content (AvgIpc) is 2.36. The van der Waals surface area contributed by atoms with E-state index in [4.69, 9.17) is 0 Å². The highest BCUT2D eigenvalue weighted by Gasteiger charge is 2.18. The lowest BCUT2D eigenvalue weighted by Crippen LogP contribution is -2.29. The van der Waals surface area contributed by atoms with Crippen molar-refractivity contribution in [3.8, 4) is 0 Å². The van der Waals surface area contributed by atoms with E-state index in [9.17, 15) is 18.7 Å². The smallest absolute Gasteiger partial charge is 0.220 e. The summed E-state index contributed by atoms with van der Waals surface area (Å²) in [7, 11) is 0. The third-order valence-electron chi connectivity index (χ3n) is 2.50. The van der Waals surface area contributed by atoms with Gasteiger partial charge in [-0.2, -0.15) is 11.8 Å². The van der Waals surface area contributed by atoms with E-state index in [1.165, 1.54) is 6.07 Å². The van der Waals surface area contributed by atoms with Crippen LogP contribution in [0.4, 0.5) is 8.78 Å². The maximum Gasteiger partial charge on any atom is 0.220 e. The van der Waals surface area contributed by atoms with Gasteiger partial charge < -0.3 is 10.4 Å². The molecule has 1 atom stereocenters.